The third-order valence-corrected chi connectivity index (χ3v) is 5.78. The molecule has 1 N–H and O–H groups in total. The number of nitrogens with one attached hydrogen (secondary N) is 1. The molecule has 0 spiro atoms. The van der Waals surface area contributed by atoms with Crippen molar-refractivity contribution in [2.24, 2.45) is 4.99 Å². The van der Waals surface area contributed by atoms with Gasteiger partial charge in [-0.2, -0.15) is 5.10 Å². The highest BCUT2D eigenvalue weighted by molar-refractivity contribution is 6.20. The topological polar surface area (TPSA) is 91.5 Å². The molecule has 0 atom stereocenters. The molecule has 0 bridgehead atoms. The van der Waals surface area contributed by atoms with Gasteiger partial charge in [-0.1, -0.05) is 0 Å². The molecule has 4 heterocycles. The summed E-state index contributed by atoms with van der Waals surface area (Å²) in [4.78, 5) is 30.3. The smallest absolute Gasteiger partial charge is 0.267 e. The maximum absolute atomic E-state index is 13.8. The van der Waals surface area contributed by atoms with Gasteiger partial charge in [0, 0.05) is 30.7 Å². The molecular weight excluding hydrogens is 423 g/mol. The van der Waals surface area contributed by atoms with Crippen molar-refractivity contribution in [2.45, 2.75) is 39.8 Å². The van der Waals surface area contributed by atoms with Gasteiger partial charge in [0.25, 0.3) is 5.91 Å². The van der Waals surface area contributed by atoms with Gasteiger partial charge < -0.3 is 5.32 Å². The summed E-state index contributed by atoms with van der Waals surface area (Å²) in [5.41, 5.74) is 2.11. The van der Waals surface area contributed by atoms with E-state index < -0.39 is 0 Å². The Labute approximate surface area is 191 Å². The molecule has 10 heteroatoms. The molecule has 170 valence electrons. The zero-order chi connectivity index (χ0) is 23.5. The largest absolute Gasteiger partial charge is 0.340 e. The standard InChI is InChI=1S/C23H25FN8O/c1-13-8-16(6-7-17(13)24)27-19-18-20(29-32(19)11-15-9-25-14(2)26-10-15)31-12-23(3,4)28-22(31)30(5)21(18)33/h6-10,27H,11-12H2,1-5H3. The second kappa shape index (κ2) is 7.36. The van der Waals surface area contributed by atoms with Gasteiger partial charge in [0.05, 0.1) is 18.6 Å². The maximum atomic E-state index is 13.8. The minimum absolute atomic E-state index is 0.203. The van der Waals surface area contributed by atoms with E-state index in [-0.39, 0.29) is 17.3 Å². The Balaban J connectivity index is 1.64. The number of nitrogens with zero attached hydrogens (tertiary/aromatic N) is 7. The van der Waals surface area contributed by atoms with E-state index in [1.807, 2.05) is 25.7 Å². The fourth-order valence-corrected chi connectivity index (χ4v) is 4.12. The van der Waals surface area contributed by atoms with Crippen molar-refractivity contribution in [3.05, 3.63) is 58.9 Å². The summed E-state index contributed by atoms with van der Waals surface area (Å²) in [6.07, 6.45) is 3.49. The van der Waals surface area contributed by atoms with Crippen LogP contribution in [0.25, 0.3) is 0 Å². The van der Waals surface area contributed by atoms with Gasteiger partial charge in [-0.3, -0.25) is 14.6 Å². The van der Waals surface area contributed by atoms with Crippen LogP contribution in [0.1, 0.15) is 41.2 Å². The van der Waals surface area contributed by atoms with Crippen LogP contribution in [0.4, 0.5) is 21.7 Å². The Kier molecular flexibility index (Phi) is 4.70. The number of hydrogen-bond donors (Lipinski definition) is 1. The zero-order valence-corrected chi connectivity index (χ0v) is 19.2. The van der Waals surface area contributed by atoms with Gasteiger partial charge in [-0.05, 0) is 51.5 Å². The predicted molar refractivity (Wildman–Crippen MR) is 123 cm³/mol. The minimum atomic E-state index is -0.346. The first-order valence-corrected chi connectivity index (χ1v) is 10.7. The molecule has 33 heavy (non-hydrogen) atoms. The number of fused-ring (bicyclic) bond motifs is 3. The molecule has 0 unspecified atom stereocenters. The highest BCUT2D eigenvalue weighted by Crippen LogP contribution is 2.38. The van der Waals surface area contributed by atoms with Gasteiger partial charge >= 0.3 is 0 Å². The molecule has 0 saturated carbocycles. The molecule has 2 aliphatic rings. The third-order valence-electron chi connectivity index (χ3n) is 5.78. The normalized spacial score (nSPS) is 16.5. The van der Waals surface area contributed by atoms with E-state index in [9.17, 15) is 9.18 Å². The second-order valence-corrected chi connectivity index (χ2v) is 9.11. The Morgan fingerprint density at radius 2 is 1.91 bits per heavy atom. The lowest BCUT2D eigenvalue weighted by Crippen LogP contribution is -2.48. The number of carbonyl (C=O) groups excluding carboxylic acids is 1. The van der Waals surface area contributed by atoms with E-state index in [0.717, 1.165) is 5.56 Å². The number of halogens is 1. The third kappa shape index (κ3) is 3.61. The van der Waals surface area contributed by atoms with Gasteiger partial charge in [0.15, 0.2) is 5.82 Å². The maximum Gasteiger partial charge on any atom is 0.267 e. The molecule has 0 radical (unpaired) electrons. The fraction of sp³-hybridized carbons (Fsp3) is 0.348. The van der Waals surface area contributed by atoms with Crippen LogP contribution in [0, 0.1) is 19.7 Å². The first-order valence-electron chi connectivity index (χ1n) is 10.7. The van der Waals surface area contributed by atoms with Crippen LogP contribution >= 0.6 is 0 Å². The number of guanidine groups is 1. The summed E-state index contributed by atoms with van der Waals surface area (Å²) < 4.78 is 15.6. The number of aliphatic imine (C=N–C) groups is 1. The van der Waals surface area contributed by atoms with E-state index in [0.29, 0.717) is 53.3 Å². The quantitative estimate of drug-likeness (QED) is 0.659. The van der Waals surface area contributed by atoms with Crippen LogP contribution in [0.2, 0.25) is 0 Å². The molecule has 3 aromatic rings. The number of aryl methyl sites for hydroxylation is 2. The molecule has 0 fully saturated rings. The van der Waals surface area contributed by atoms with Crippen LogP contribution < -0.4 is 10.2 Å². The summed E-state index contributed by atoms with van der Waals surface area (Å²) in [6, 6.07) is 4.75. The van der Waals surface area contributed by atoms with Crippen molar-refractivity contribution in [1.82, 2.24) is 24.6 Å². The van der Waals surface area contributed by atoms with Gasteiger partial charge in [-0.15, -0.1) is 0 Å². The summed E-state index contributed by atoms with van der Waals surface area (Å²) in [5.74, 6) is 1.85. The van der Waals surface area contributed by atoms with Crippen molar-refractivity contribution in [1.29, 1.82) is 0 Å². The predicted octanol–water partition coefficient (Wildman–Crippen LogP) is 3.26. The lowest BCUT2D eigenvalue weighted by Gasteiger charge is -2.30. The van der Waals surface area contributed by atoms with Crippen LogP contribution in [0.5, 0.6) is 0 Å². The van der Waals surface area contributed by atoms with E-state index >= 15 is 0 Å². The number of benzene rings is 1. The summed E-state index contributed by atoms with van der Waals surface area (Å²) >= 11 is 0. The Morgan fingerprint density at radius 1 is 1.18 bits per heavy atom. The van der Waals surface area contributed by atoms with Gasteiger partial charge in [0.2, 0.25) is 5.96 Å². The molecule has 1 amide bonds. The first-order chi connectivity index (χ1) is 15.6. The molecule has 5 rings (SSSR count). The molecule has 0 saturated heterocycles. The molecule has 0 aliphatic carbocycles. The highest BCUT2D eigenvalue weighted by atomic mass is 19.1. The number of hydrogen-bond acceptors (Lipinski definition) is 7. The Hall–Kier alpha value is -3.82. The number of amides is 1. The van der Waals surface area contributed by atoms with Crippen molar-refractivity contribution in [3.63, 3.8) is 0 Å². The monoisotopic (exact) mass is 448 g/mol. The first kappa shape index (κ1) is 21.0. The van der Waals surface area contributed by atoms with Gasteiger partial charge in [0.1, 0.15) is 23.0 Å². The number of anilines is 3. The lowest BCUT2D eigenvalue weighted by atomic mass is 10.1. The summed E-state index contributed by atoms with van der Waals surface area (Å²) in [7, 11) is 1.72. The summed E-state index contributed by atoms with van der Waals surface area (Å²) in [6.45, 7) is 8.54. The van der Waals surface area contributed by atoms with E-state index in [2.05, 4.69) is 15.3 Å². The number of rotatable bonds is 4. The van der Waals surface area contributed by atoms with Crippen molar-refractivity contribution in [2.75, 3.05) is 23.8 Å². The summed E-state index contributed by atoms with van der Waals surface area (Å²) in [5, 5.41) is 8.13. The van der Waals surface area contributed by atoms with Crippen molar-refractivity contribution >= 4 is 29.2 Å². The SMILES string of the molecule is Cc1ncc(Cn2nc3c(c2Nc2ccc(F)c(C)c2)C(=O)N(C)C2=NC(C)(C)CN23)cn1. The van der Waals surface area contributed by atoms with Crippen molar-refractivity contribution in [3.8, 4) is 0 Å². The fourth-order valence-electron chi connectivity index (χ4n) is 4.12. The van der Waals surface area contributed by atoms with Crippen LogP contribution in [0.15, 0.2) is 35.6 Å². The Bertz CT molecular complexity index is 1290. The molecule has 9 nitrogen and oxygen atoms in total. The Morgan fingerprint density at radius 3 is 2.61 bits per heavy atom. The lowest BCUT2D eigenvalue weighted by molar-refractivity contribution is 0.0866. The van der Waals surface area contributed by atoms with Crippen LogP contribution in [-0.4, -0.2) is 55.6 Å². The van der Waals surface area contributed by atoms with Crippen LogP contribution in [-0.2, 0) is 6.54 Å². The number of aromatic nitrogens is 4. The number of carbonyl (C=O) groups is 1. The second-order valence-electron chi connectivity index (χ2n) is 9.11. The molecular formula is C23H25FN8O. The van der Waals surface area contributed by atoms with Crippen LogP contribution in [0.3, 0.4) is 0 Å². The van der Waals surface area contributed by atoms with Crippen molar-refractivity contribution < 1.29 is 9.18 Å². The average molecular weight is 449 g/mol. The molecule has 2 aliphatic heterocycles. The van der Waals surface area contributed by atoms with E-state index in [1.165, 1.54) is 6.07 Å². The minimum Gasteiger partial charge on any atom is -0.340 e. The van der Waals surface area contributed by atoms with Gasteiger partial charge in [-0.25, -0.2) is 24.0 Å². The molecule has 2 aromatic heterocycles. The van der Waals surface area contributed by atoms with E-state index in [4.69, 9.17) is 10.1 Å². The molecule has 1 aromatic carbocycles. The van der Waals surface area contributed by atoms with E-state index in [1.54, 1.807) is 48.1 Å². The zero-order valence-electron chi connectivity index (χ0n) is 19.2. The average Bonchev–Trinajstić information content (AvgIpc) is 3.28. The highest BCUT2D eigenvalue weighted by Gasteiger charge is 2.45.